The van der Waals surface area contributed by atoms with Crippen molar-refractivity contribution in [3.8, 4) is 28.7 Å². The lowest BCUT2D eigenvalue weighted by atomic mass is 9.71. The topological polar surface area (TPSA) is 102 Å². The van der Waals surface area contributed by atoms with Gasteiger partial charge in [0.15, 0.2) is 28.8 Å². The Balaban J connectivity index is 1.87. The van der Waals surface area contributed by atoms with Crippen LogP contribution in [0.25, 0.3) is 0 Å². The van der Waals surface area contributed by atoms with Crippen molar-refractivity contribution in [2.45, 2.75) is 31.6 Å². The van der Waals surface area contributed by atoms with Crippen molar-refractivity contribution in [3.63, 3.8) is 0 Å². The molecule has 0 saturated carbocycles. The van der Waals surface area contributed by atoms with Crippen LogP contribution in [0.5, 0.6) is 28.7 Å². The molecule has 202 valence electrons. The zero-order valence-electron chi connectivity index (χ0n) is 22.7. The molecule has 1 N–H and O–H groups in total. The number of rotatable bonds is 8. The number of carbonyl (C=O) groups excluding carboxylic acids is 2. The number of hydrogen-bond donors (Lipinski definition) is 1. The largest absolute Gasteiger partial charge is 0.496 e. The molecule has 0 saturated heterocycles. The minimum Gasteiger partial charge on any atom is -0.496 e. The van der Waals surface area contributed by atoms with E-state index in [4.69, 9.17) is 28.4 Å². The first-order valence-corrected chi connectivity index (χ1v) is 12.2. The van der Waals surface area contributed by atoms with Crippen LogP contribution in [0.4, 0.5) is 0 Å². The molecule has 0 bridgehead atoms. The highest BCUT2D eigenvalue weighted by molar-refractivity contribution is 6.04. The molecule has 4 rings (SSSR count). The summed E-state index contributed by atoms with van der Waals surface area (Å²) in [5.41, 5.74) is 3.79. The quantitative estimate of drug-likeness (QED) is 0.509. The first-order chi connectivity index (χ1) is 18.3. The van der Waals surface area contributed by atoms with Crippen LogP contribution < -0.4 is 29.0 Å². The molecule has 0 radical (unpaired) electrons. The molecule has 2 aliphatic rings. The van der Waals surface area contributed by atoms with E-state index in [0.717, 1.165) is 11.3 Å². The molecule has 0 aromatic heterocycles. The summed E-state index contributed by atoms with van der Waals surface area (Å²) in [5.74, 6) is 1.21. The molecule has 1 heterocycles. The van der Waals surface area contributed by atoms with E-state index in [1.165, 1.54) is 28.4 Å². The van der Waals surface area contributed by atoms with Gasteiger partial charge in [-0.15, -0.1) is 0 Å². The van der Waals surface area contributed by atoms with Crippen LogP contribution in [-0.4, -0.2) is 54.4 Å². The minimum atomic E-state index is -0.715. The summed E-state index contributed by atoms with van der Waals surface area (Å²) in [5, 5.41) is 3.34. The van der Waals surface area contributed by atoms with Gasteiger partial charge in [-0.25, -0.2) is 4.79 Å². The van der Waals surface area contributed by atoms with Crippen molar-refractivity contribution in [2.75, 3.05) is 42.7 Å². The zero-order chi connectivity index (χ0) is 27.6. The second kappa shape index (κ2) is 11.1. The molecule has 9 nitrogen and oxygen atoms in total. The smallest absolute Gasteiger partial charge is 0.336 e. The number of esters is 1. The maximum atomic E-state index is 13.9. The Kier molecular flexibility index (Phi) is 7.85. The zero-order valence-corrected chi connectivity index (χ0v) is 22.7. The van der Waals surface area contributed by atoms with Gasteiger partial charge in [0.05, 0.1) is 54.1 Å². The number of ketones is 1. The fraction of sp³-hybridized carbons (Fsp3) is 0.379. The van der Waals surface area contributed by atoms with Gasteiger partial charge in [-0.3, -0.25) is 4.79 Å². The molecule has 38 heavy (non-hydrogen) atoms. The molecular formula is C29H33NO8. The molecule has 1 aliphatic heterocycles. The molecule has 0 spiro atoms. The normalized spacial score (nSPS) is 18.9. The number of Topliss-reactive ketones (excluding diaryl/α,β-unsaturated/α-hetero) is 1. The number of dihydropyridines is 1. The van der Waals surface area contributed by atoms with Crippen LogP contribution in [0.15, 0.2) is 52.9 Å². The Labute approximate surface area is 222 Å². The lowest BCUT2D eigenvalue weighted by molar-refractivity contribution is -0.136. The Morgan fingerprint density at radius 1 is 0.789 bits per heavy atom. The lowest BCUT2D eigenvalue weighted by Crippen LogP contribution is -2.36. The Morgan fingerprint density at radius 2 is 1.39 bits per heavy atom. The van der Waals surface area contributed by atoms with Crippen LogP contribution in [0.1, 0.15) is 42.7 Å². The second-order valence-electron chi connectivity index (χ2n) is 9.07. The van der Waals surface area contributed by atoms with Crippen molar-refractivity contribution in [3.05, 3.63) is 64.0 Å². The maximum absolute atomic E-state index is 13.9. The Bertz CT molecular complexity index is 1330. The van der Waals surface area contributed by atoms with Gasteiger partial charge in [-0.1, -0.05) is 6.07 Å². The van der Waals surface area contributed by atoms with Gasteiger partial charge in [0.25, 0.3) is 0 Å². The molecule has 2 atom stereocenters. The summed E-state index contributed by atoms with van der Waals surface area (Å²) < 4.78 is 32.7. The first kappa shape index (κ1) is 26.9. The third-order valence-electron chi connectivity index (χ3n) is 7.16. The van der Waals surface area contributed by atoms with Crippen molar-refractivity contribution in [1.82, 2.24) is 5.32 Å². The third-order valence-corrected chi connectivity index (χ3v) is 7.16. The Hall–Kier alpha value is -4.14. The third kappa shape index (κ3) is 4.64. The van der Waals surface area contributed by atoms with E-state index >= 15 is 0 Å². The fourth-order valence-electron chi connectivity index (χ4n) is 5.35. The number of methoxy groups -OCH3 is 6. The average Bonchev–Trinajstić information content (AvgIpc) is 2.94. The van der Waals surface area contributed by atoms with Crippen molar-refractivity contribution >= 4 is 11.8 Å². The molecule has 1 aliphatic carbocycles. The van der Waals surface area contributed by atoms with Gasteiger partial charge < -0.3 is 33.7 Å². The lowest BCUT2D eigenvalue weighted by Gasteiger charge is -2.37. The number of hydrogen-bond acceptors (Lipinski definition) is 9. The molecule has 2 aromatic rings. The van der Waals surface area contributed by atoms with E-state index in [0.29, 0.717) is 57.6 Å². The highest BCUT2D eigenvalue weighted by atomic mass is 16.5. The predicted molar refractivity (Wildman–Crippen MR) is 140 cm³/mol. The standard InChI is InChI=1S/C29H33NO8/c1-15-26(29(32)38-7)27(18-13-24(36-5)25(37-6)14-22(18)34-3)28-19(30-15)10-17(11-20(28)31)16-8-9-21(33-2)23(12-16)35-4/h8-9,12-14,17,27,30H,10-11H2,1-7H3/t17-,27+/m1/s1. The van der Waals surface area contributed by atoms with Gasteiger partial charge >= 0.3 is 5.97 Å². The number of nitrogens with one attached hydrogen (secondary N) is 1. The van der Waals surface area contributed by atoms with Crippen LogP contribution >= 0.6 is 0 Å². The molecular weight excluding hydrogens is 490 g/mol. The monoisotopic (exact) mass is 523 g/mol. The van der Waals surface area contributed by atoms with Crippen LogP contribution in [0.3, 0.4) is 0 Å². The number of benzene rings is 2. The summed E-state index contributed by atoms with van der Waals surface area (Å²) in [6.45, 7) is 1.81. The molecule has 0 unspecified atom stereocenters. The number of ether oxygens (including phenoxy) is 6. The van der Waals surface area contributed by atoms with Crippen molar-refractivity contribution < 1.29 is 38.0 Å². The van der Waals surface area contributed by atoms with Gasteiger partial charge in [0, 0.05) is 35.0 Å². The first-order valence-electron chi connectivity index (χ1n) is 12.2. The van der Waals surface area contributed by atoms with Gasteiger partial charge in [0.2, 0.25) is 0 Å². The predicted octanol–water partition coefficient (Wildman–Crippen LogP) is 4.26. The molecule has 0 fully saturated rings. The summed E-state index contributed by atoms with van der Waals surface area (Å²) in [7, 11) is 9.09. The molecule has 2 aromatic carbocycles. The Morgan fingerprint density at radius 3 is 2.00 bits per heavy atom. The SMILES string of the molecule is COC(=O)C1=C(C)NC2=C(C(=O)C[C@H](c3ccc(OC)c(OC)c3)C2)[C@H]1c1cc(OC)c(OC)cc1OC. The minimum absolute atomic E-state index is 0.0747. The summed E-state index contributed by atoms with van der Waals surface area (Å²) in [6.07, 6.45) is 0.823. The van der Waals surface area contributed by atoms with Crippen LogP contribution in [0, 0.1) is 0 Å². The van der Waals surface area contributed by atoms with E-state index in [1.807, 2.05) is 18.2 Å². The van der Waals surface area contributed by atoms with Crippen molar-refractivity contribution in [2.24, 2.45) is 0 Å². The number of carbonyl (C=O) groups is 2. The average molecular weight is 524 g/mol. The maximum Gasteiger partial charge on any atom is 0.336 e. The fourth-order valence-corrected chi connectivity index (χ4v) is 5.35. The van der Waals surface area contributed by atoms with Crippen molar-refractivity contribution in [1.29, 1.82) is 0 Å². The van der Waals surface area contributed by atoms with E-state index < -0.39 is 11.9 Å². The van der Waals surface area contributed by atoms with Gasteiger partial charge in [0.1, 0.15) is 5.75 Å². The molecule has 0 amide bonds. The summed E-state index contributed by atoms with van der Waals surface area (Å²) >= 11 is 0. The summed E-state index contributed by atoms with van der Waals surface area (Å²) in [6, 6.07) is 9.14. The molecule has 9 heteroatoms. The second-order valence-corrected chi connectivity index (χ2v) is 9.07. The van der Waals surface area contributed by atoms with E-state index in [9.17, 15) is 9.59 Å². The highest BCUT2D eigenvalue weighted by Crippen LogP contribution is 2.50. The number of allylic oxidation sites excluding steroid dienone is 3. The van der Waals surface area contributed by atoms with Gasteiger partial charge in [-0.2, -0.15) is 0 Å². The summed E-state index contributed by atoms with van der Waals surface area (Å²) in [4.78, 5) is 26.9. The van der Waals surface area contributed by atoms with Crippen LogP contribution in [-0.2, 0) is 14.3 Å². The van der Waals surface area contributed by atoms with Gasteiger partial charge in [-0.05, 0) is 43.0 Å². The van der Waals surface area contributed by atoms with E-state index in [2.05, 4.69) is 5.32 Å². The van der Waals surface area contributed by atoms with E-state index in [-0.39, 0.29) is 18.1 Å². The van der Waals surface area contributed by atoms with E-state index in [1.54, 1.807) is 33.3 Å². The van der Waals surface area contributed by atoms with Crippen LogP contribution in [0.2, 0.25) is 0 Å². The highest BCUT2D eigenvalue weighted by Gasteiger charge is 2.43.